The number of carbonyl (C=O) groups is 2. The standard InChI is InChI=1S/C28H34F3N5O3/c29-28(30,31)27(10-2-11-27)18-35-13-8-19(9-14-35)17-39-24-16-33-22(15-34-24)20-4-6-21(7-5-20)26(38)36-12-1-3-23(36)25(32)37/h4-7,15-16,19,23H,1-3,8-14,17-18H2,(H2,32,37)/t23-/m0/s1. The summed E-state index contributed by atoms with van der Waals surface area (Å²) in [4.78, 5) is 36.7. The van der Waals surface area contributed by atoms with Crippen molar-refractivity contribution in [1.29, 1.82) is 0 Å². The third-order valence-electron chi connectivity index (χ3n) is 8.51. The second-order valence-electron chi connectivity index (χ2n) is 11.0. The maximum absolute atomic E-state index is 13.5. The van der Waals surface area contributed by atoms with Gasteiger partial charge in [-0.3, -0.25) is 9.59 Å². The fraction of sp³-hybridized carbons (Fsp3) is 0.571. The minimum atomic E-state index is -4.13. The van der Waals surface area contributed by atoms with Crippen LogP contribution in [0.3, 0.4) is 0 Å². The number of alkyl halides is 3. The van der Waals surface area contributed by atoms with Crippen molar-refractivity contribution in [2.24, 2.45) is 17.1 Å². The summed E-state index contributed by atoms with van der Waals surface area (Å²) in [6.45, 7) is 2.37. The highest BCUT2D eigenvalue weighted by Crippen LogP contribution is 2.53. The summed E-state index contributed by atoms with van der Waals surface area (Å²) >= 11 is 0. The number of nitrogens with zero attached hydrogens (tertiary/aromatic N) is 4. The molecule has 0 bridgehead atoms. The van der Waals surface area contributed by atoms with Gasteiger partial charge in [0.15, 0.2) is 0 Å². The molecular weight excluding hydrogens is 511 g/mol. The number of amides is 2. The van der Waals surface area contributed by atoms with E-state index in [1.54, 1.807) is 36.7 Å². The average molecular weight is 546 g/mol. The van der Waals surface area contributed by atoms with Crippen molar-refractivity contribution in [2.75, 3.05) is 32.8 Å². The third-order valence-corrected chi connectivity index (χ3v) is 8.51. The topological polar surface area (TPSA) is 102 Å². The summed E-state index contributed by atoms with van der Waals surface area (Å²) in [6.07, 6.45) is 3.10. The molecule has 1 saturated carbocycles. The highest BCUT2D eigenvalue weighted by atomic mass is 19.4. The molecule has 3 heterocycles. The molecule has 2 saturated heterocycles. The molecule has 1 atom stereocenters. The molecule has 2 amide bonds. The Labute approximate surface area is 225 Å². The van der Waals surface area contributed by atoms with Gasteiger partial charge in [-0.1, -0.05) is 18.6 Å². The zero-order chi connectivity index (χ0) is 27.6. The van der Waals surface area contributed by atoms with E-state index >= 15 is 0 Å². The average Bonchev–Trinajstić information content (AvgIpc) is 3.40. The Morgan fingerprint density at radius 2 is 1.72 bits per heavy atom. The maximum Gasteiger partial charge on any atom is 0.395 e. The van der Waals surface area contributed by atoms with Crippen LogP contribution in [0.25, 0.3) is 11.3 Å². The van der Waals surface area contributed by atoms with Gasteiger partial charge in [-0.15, -0.1) is 0 Å². The molecule has 2 aliphatic heterocycles. The number of aromatic nitrogens is 2. The smallest absolute Gasteiger partial charge is 0.395 e. The van der Waals surface area contributed by atoms with Crippen molar-refractivity contribution >= 4 is 11.8 Å². The molecule has 5 rings (SSSR count). The van der Waals surface area contributed by atoms with E-state index in [0.717, 1.165) is 24.8 Å². The first-order valence-electron chi connectivity index (χ1n) is 13.6. The second-order valence-corrected chi connectivity index (χ2v) is 11.0. The fourth-order valence-electron chi connectivity index (χ4n) is 5.87. The number of primary amides is 1. The summed E-state index contributed by atoms with van der Waals surface area (Å²) in [5.74, 6) is -0.0412. The first-order valence-corrected chi connectivity index (χ1v) is 13.6. The first kappa shape index (κ1) is 27.4. The molecule has 1 aliphatic carbocycles. The summed E-state index contributed by atoms with van der Waals surface area (Å²) in [6, 6.07) is 6.42. The second kappa shape index (κ2) is 11.1. The monoisotopic (exact) mass is 545 g/mol. The van der Waals surface area contributed by atoms with E-state index in [0.29, 0.717) is 56.2 Å². The van der Waals surface area contributed by atoms with Gasteiger partial charge in [0.1, 0.15) is 6.04 Å². The van der Waals surface area contributed by atoms with E-state index in [1.807, 2.05) is 4.90 Å². The summed E-state index contributed by atoms with van der Waals surface area (Å²) in [5, 5.41) is 0. The molecular formula is C28H34F3N5O3. The number of likely N-dealkylation sites (tertiary alicyclic amines) is 2. The summed E-state index contributed by atoms with van der Waals surface area (Å²) in [5.41, 5.74) is 5.81. The van der Waals surface area contributed by atoms with Crippen molar-refractivity contribution < 1.29 is 27.5 Å². The van der Waals surface area contributed by atoms with Crippen molar-refractivity contribution in [3.63, 3.8) is 0 Å². The number of rotatable bonds is 8. The molecule has 0 spiro atoms. The van der Waals surface area contributed by atoms with Crippen LogP contribution in [-0.2, 0) is 4.79 Å². The minimum absolute atomic E-state index is 0.109. The summed E-state index contributed by atoms with van der Waals surface area (Å²) in [7, 11) is 0. The Morgan fingerprint density at radius 1 is 1.00 bits per heavy atom. The molecule has 2 aromatic rings. The normalized spacial score (nSPS) is 21.9. The highest BCUT2D eigenvalue weighted by Gasteiger charge is 2.58. The quantitative estimate of drug-likeness (QED) is 0.537. The SMILES string of the molecule is NC(=O)[C@@H]1CCCN1C(=O)c1ccc(-c2cnc(OCC3CCN(CC4(C(F)(F)F)CCC4)CC3)cn2)cc1. The molecule has 39 heavy (non-hydrogen) atoms. The van der Waals surface area contributed by atoms with Gasteiger partial charge in [-0.2, -0.15) is 13.2 Å². The van der Waals surface area contributed by atoms with Crippen LogP contribution in [0.2, 0.25) is 0 Å². The van der Waals surface area contributed by atoms with E-state index in [9.17, 15) is 22.8 Å². The van der Waals surface area contributed by atoms with E-state index in [4.69, 9.17) is 10.5 Å². The van der Waals surface area contributed by atoms with Gasteiger partial charge >= 0.3 is 6.18 Å². The van der Waals surface area contributed by atoms with E-state index in [2.05, 4.69) is 9.97 Å². The Balaban J connectivity index is 1.09. The van der Waals surface area contributed by atoms with Gasteiger partial charge in [0.25, 0.3) is 5.91 Å². The number of halogens is 3. The minimum Gasteiger partial charge on any atom is -0.476 e. The Kier molecular flexibility index (Phi) is 7.80. The van der Waals surface area contributed by atoms with Gasteiger partial charge in [-0.05, 0) is 69.7 Å². The molecule has 1 aromatic heterocycles. The lowest BCUT2D eigenvalue weighted by atomic mass is 9.67. The van der Waals surface area contributed by atoms with E-state index in [-0.39, 0.29) is 31.2 Å². The van der Waals surface area contributed by atoms with Gasteiger partial charge < -0.3 is 20.3 Å². The number of hydrogen-bond acceptors (Lipinski definition) is 6. The predicted octanol–water partition coefficient (Wildman–Crippen LogP) is 4.06. The number of carbonyl (C=O) groups excluding carboxylic acids is 2. The number of benzene rings is 1. The van der Waals surface area contributed by atoms with E-state index in [1.165, 1.54) is 4.90 Å². The van der Waals surface area contributed by atoms with Crippen LogP contribution in [-0.4, -0.2) is 76.6 Å². The molecule has 3 fully saturated rings. The molecule has 11 heteroatoms. The number of hydrogen-bond donors (Lipinski definition) is 1. The highest BCUT2D eigenvalue weighted by molar-refractivity contribution is 5.98. The largest absolute Gasteiger partial charge is 0.476 e. The molecule has 3 aliphatic rings. The molecule has 1 aromatic carbocycles. The Hall–Kier alpha value is -3.21. The number of nitrogens with two attached hydrogens (primary N) is 1. The zero-order valence-electron chi connectivity index (χ0n) is 21.8. The lowest BCUT2D eigenvalue weighted by Gasteiger charge is -2.47. The van der Waals surface area contributed by atoms with Crippen molar-refractivity contribution in [3.8, 4) is 17.1 Å². The molecule has 210 valence electrons. The van der Waals surface area contributed by atoms with Crippen LogP contribution >= 0.6 is 0 Å². The van der Waals surface area contributed by atoms with Crippen molar-refractivity contribution in [3.05, 3.63) is 42.2 Å². The van der Waals surface area contributed by atoms with Gasteiger partial charge in [0.2, 0.25) is 11.8 Å². The molecule has 2 N–H and O–H groups in total. The van der Waals surface area contributed by atoms with Crippen LogP contribution in [0.15, 0.2) is 36.7 Å². The van der Waals surface area contributed by atoms with Crippen LogP contribution in [0.5, 0.6) is 5.88 Å². The van der Waals surface area contributed by atoms with Crippen LogP contribution in [0.4, 0.5) is 13.2 Å². The number of ether oxygens (including phenoxy) is 1. The molecule has 0 unspecified atom stereocenters. The van der Waals surface area contributed by atoms with Crippen molar-refractivity contribution in [1.82, 2.24) is 19.8 Å². The Bertz CT molecular complexity index is 1160. The molecule has 8 nitrogen and oxygen atoms in total. The van der Waals surface area contributed by atoms with Crippen molar-refractivity contribution in [2.45, 2.75) is 57.2 Å². The zero-order valence-corrected chi connectivity index (χ0v) is 21.8. The lowest BCUT2D eigenvalue weighted by Crippen LogP contribution is -2.53. The van der Waals surface area contributed by atoms with Crippen LogP contribution < -0.4 is 10.5 Å². The lowest BCUT2D eigenvalue weighted by molar-refractivity contribution is -0.256. The Morgan fingerprint density at radius 3 is 2.28 bits per heavy atom. The van der Waals surface area contributed by atoms with Crippen LogP contribution in [0.1, 0.15) is 55.3 Å². The van der Waals surface area contributed by atoms with Crippen LogP contribution in [0, 0.1) is 11.3 Å². The molecule has 0 radical (unpaired) electrons. The first-order chi connectivity index (χ1) is 18.6. The maximum atomic E-state index is 13.5. The summed E-state index contributed by atoms with van der Waals surface area (Å²) < 4.78 is 46.3. The predicted molar refractivity (Wildman–Crippen MR) is 138 cm³/mol. The van der Waals surface area contributed by atoms with Gasteiger partial charge in [-0.25, -0.2) is 9.97 Å². The van der Waals surface area contributed by atoms with E-state index < -0.39 is 23.5 Å². The van der Waals surface area contributed by atoms with Gasteiger partial charge in [0, 0.05) is 24.2 Å². The number of piperidine rings is 1. The van der Waals surface area contributed by atoms with Gasteiger partial charge in [0.05, 0.1) is 30.1 Å². The fourth-order valence-corrected chi connectivity index (χ4v) is 5.87. The third kappa shape index (κ3) is 5.88.